The molecule has 30 heavy (non-hydrogen) atoms. The van der Waals surface area contributed by atoms with Crippen LogP contribution in [0.1, 0.15) is 27.9 Å². The average Bonchev–Trinajstić information content (AvgIpc) is 2.79. The third-order valence-corrected chi connectivity index (χ3v) is 4.73. The fourth-order valence-electron chi connectivity index (χ4n) is 3.00. The van der Waals surface area contributed by atoms with E-state index in [4.69, 9.17) is 4.74 Å². The Kier molecular flexibility index (Phi) is 7.61. The Morgan fingerprint density at radius 3 is 2.30 bits per heavy atom. The van der Waals surface area contributed by atoms with E-state index in [1.54, 1.807) is 19.2 Å². The number of rotatable bonds is 9. The average molecular weight is 402 g/mol. The second-order valence-corrected chi connectivity index (χ2v) is 6.94. The first kappa shape index (κ1) is 21.1. The van der Waals surface area contributed by atoms with Gasteiger partial charge in [-0.1, -0.05) is 48.5 Å². The minimum Gasteiger partial charge on any atom is -0.493 e. The van der Waals surface area contributed by atoms with Gasteiger partial charge in [-0.15, -0.1) is 0 Å². The van der Waals surface area contributed by atoms with Crippen molar-refractivity contribution in [3.05, 3.63) is 95.6 Å². The van der Waals surface area contributed by atoms with Gasteiger partial charge in [0.2, 0.25) is 5.91 Å². The summed E-state index contributed by atoms with van der Waals surface area (Å²) in [5, 5.41) is 5.51. The third-order valence-electron chi connectivity index (χ3n) is 4.73. The van der Waals surface area contributed by atoms with Gasteiger partial charge in [0.25, 0.3) is 5.91 Å². The smallest absolute Gasteiger partial charge is 0.255 e. The third kappa shape index (κ3) is 6.48. The van der Waals surface area contributed by atoms with Crippen molar-refractivity contribution in [1.82, 2.24) is 5.32 Å². The lowest BCUT2D eigenvalue weighted by molar-refractivity contribution is -0.120. The second-order valence-electron chi connectivity index (χ2n) is 6.94. The molecule has 5 nitrogen and oxygen atoms in total. The molecule has 0 aliphatic heterocycles. The van der Waals surface area contributed by atoms with Gasteiger partial charge in [-0.25, -0.2) is 0 Å². The molecule has 154 valence electrons. The zero-order valence-corrected chi connectivity index (χ0v) is 17.1. The van der Waals surface area contributed by atoms with Crippen molar-refractivity contribution in [2.24, 2.45) is 0 Å². The van der Waals surface area contributed by atoms with Crippen LogP contribution in [-0.4, -0.2) is 25.5 Å². The summed E-state index contributed by atoms with van der Waals surface area (Å²) in [6, 6.07) is 24.8. The fourth-order valence-corrected chi connectivity index (χ4v) is 3.00. The number of ether oxygens (including phenoxy) is 1. The number of carbonyl (C=O) groups is 2. The molecule has 0 spiro atoms. The maximum atomic E-state index is 12.6. The van der Waals surface area contributed by atoms with Crippen LogP contribution in [0.15, 0.2) is 78.9 Å². The number of aryl methyl sites for hydroxylation is 1. The van der Waals surface area contributed by atoms with Crippen LogP contribution in [0.3, 0.4) is 0 Å². The molecule has 2 amide bonds. The SMILES string of the molecule is CNC(=O)CCc1ccc(NC(=O)c2cccc(OCCc3ccccc3)c2)cc1. The first-order chi connectivity index (χ1) is 14.6. The Labute approximate surface area is 177 Å². The Balaban J connectivity index is 1.52. The molecular weight excluding hydrogens is 376 g/mol. The molecule has 0 aromatic heterocycles. The summed E-state index contributed by atoms with van der Waals surface area (Å²) in [5.74, 6) is 0.489. The first-order valence-electron chi connectivity index (χ1n) is 10.0. The summed E-state index contributed by atoms with van der Waals surface area (Å²) in [6.07, 6.45) is 1.92. The molecule has 3 aromatic rings. The van der Waals surface area contributed by atoms with E-state index in [0.29, 0.717) is 36.4 Å². The summed E-state index contributed by atoms with van der Waals surface area (Å²) in [5.41, 5.74) is 3.51. The van der Waals surface area contributed by atoms with E-state index >= 15 is 0 Å². The monoisotopic (exact) mass is 402 g/mol. The molecule has 3 aromatic carbocycles. The molecule has 0 bridgehead atoms. The van der Waals surface area contributed by atoms with Crippen LogP contribution >= 0.6 is 0 Å². The van der Waals surface area contributed by atoms with E-state index in [1.165, 1.54) is 5.56 Å². The molecule has 0 heterocycles. The molecule has 3 rings (SSSR count). The highest BCUT2D eigenvalue weighted by molar-refractivity contribution is 6.04. The van der Waals surface area contributed by atoms with Gasteiger partial charge in [0.1, 0.15) is 5.75 Å². The molecule has 0 radical (unpaired) electrons. The number of nitrogens with one attached hydrogen (secondary N) is 2. The molecule has 0 aliphatic carbocycles. The van der Waals surface area contributed by atoms with Crippen LogP contribution in [-0.2, 0) is 17.6 Å². The van der Waals surface area contributed by atoms with E-state index in [1.807, 2.05) is 54.6 Å². The lowest BCUT2D eigenvalue weighted by Gasteiger charge is -2.09. The predicted octanol–water partition coefficient (Wildman–Crippen LogP) is 4.24. The van der Waals surface area contributed by atoms with Crippen LogP contribution in [0.25, 0.3) is 0 Å². The summed E-state index contributed by atoms with van der Waals surface area (Å²) < 4.78 is 5.81. The maximum Gasteiger partial charge on any atom is 0.255 e. The minimum atomic E-state index is -0.193. The summed E-state index contributed by atoms with van der Waals surface area (Å²) >= 11 is 0. The summed E-state index contributed by atoms with van der Waals surface area (Å²) in [7, 11) is 1.63. The number of hydrogen-bond acceptors (Lipinski definition) is 3. The van der Waals surface area contributed by atoms with Crippen molar-refractivity contribution in [2.45, 2.75) is 19.3 Å². The molecular formula is C25H26N2O3. The van der Waals surface area contributed by atoms with E-state index in [0.717, 1.165) is 12.0 Å². The van der Waals surface area contributed by atoms with Gasteiger partial charge >= 0.3 is 0 Å². The van der Waals surface area contributed by atoms with Gasteiger partial charge in [-0.3, -0.25) is 9.59 Å². The minimum absolute atomic E-state index is 0.0123. The molecule has 0 saturated carbocycles. The van der Waals surface area contributed by atoms with E-state index < -0.39 is 0 Å². The highest BCUT2D eigenvalue weighted by atomic mass is 16.5. The second kappa shape index (κ2) is 10.8. The maximum absolute atomic E-state index is 12.6. The van der Waals surface area contributed by atoms with Crippen LogP contribution in [0, 0.1) is 0 Å². The zero-order chi connectivity index (χ0) is 21.2. The fraction of sp³-hybridized carbons (Fsp3) is 0.200. The molecule has 0 fully saturated rings. The quantitative estimate of drug-likeness (QED) is 0.563. The Morgan fingerprint density at radius 2 is 1.57 bits per heavy atom. The Hall–Kier alpha value is -3.60. The van der Waals surface area contributed by atoms with Crippen LogP contribution in [0.2, 0.25) is 0 Å². The highest BCUT2D eigenvalue weighted by Crippen LogP contribution is 2.17. The molecule has 2 N–H and O–H groups in total. The number of benzene rings is 3. The molecule has 0 aliphatic rings. The van der Waals surface area contributed by atoms with Gasteiger partial charge < -0.3 is 15.4 Å². The van der Waals surface area contributed by atoms with E-state index in [2.05, 4.69) is 22.8 Å². The van der Waals surface area contributed by atoms with Crippen molar-refractivity contribution < 1.29 is 14.3 Å². The molecule has 0 atom stereocenters. The number of anilines is 1. The first-order valence-corrected chi connectivity index (χ1v) is 10.0. The van der Waals surface area contributed by atoms with Crippen molar-refractivity contribution in [3.8, 4) is 5.75 Å². The molecule has 0 saturated heterocycles. The van der Waals surface area contributed by atoms with Crippen molar-refractivity contribution in [1.29, 1.82) is 0 Å². The highest BCUT2D eigenvalue weighted by Gasteiger charge is 2.08. The number of carbonyl (C=O) groups excluding carboxylic acids is 2. The van der Waals surface area contributed by atoms with Crippen molar-refractivity contribution in [3.63, 3.8) is 0 Å². The van der Waals surface area contributed by atoms with Gasteiger partial charge in [-0.2, -0.15) is 0 Å². The number of hydrogen-bond donors (Lipinski definition) is 2. The number of amides is 2. The largest absolute Gasteiger partial charge is 0.493 e. The molecule has 0 unspecified atom stereocenters. The summed E-state index contributed by atoms with van der Waals surface area (Å²) in [4.78, 5) is 23.9. The normalized spacial score (nSPS) is 10.3. The van der Waals surface area contributed by atoms with E-state index in [-0.39, 0.29) is 11.8 Å². The lowest BCUT2D eigenvalue weighted by atomic mass is 10.1. The Morgan fingerprint density at radius 1 is 0.833 bits per heavy atom. The topological polar surface area (TPSA) is 67.4 Å². The lowest BCUT2D eigenvalue weighted by Crippen LogP contribution is -2.17. The Bertz CT molecular complexity index is 969. The molecule has 5 heteroatoms. The van der Waals surface area contributed by atoms with Gasteiger partial charge in [0.15, 0.2) is 0 Å². The van der Waals surface area contributed by atoms with Crippen LogP contribution in [0.5, 0.6) is 5.75 Å². The van der Waals surface area contributed by atoms with Crippen LogP contribution in [0.4, 0.5) is 5.69 Å². The predicted molar refractivity (Wildman–Crippen MR) is 119 cm³/mol. The van der Waals surface area contributed by atoms with Gasteiger partial charge in [0, 0.05) is 31.1 Å². The van der Waals surface area contributed by atoms with Crippen LogP contribution < -0.4 is 15.4 Å². The van der Waals surface area contributed by atoms with Crippen molar-refractivity contribution >= 4 is 17.5 Å². The van der Waals surface area contributed by atoms with Crippen molar-refractivity contribution in [2.75, 3.05) is 19.0 Å². The van der Waals surface area contributed by atoms with E-state index in [9.17, 15) is 9.59 Å². The zero-order valence-electron chi connectivity index (χ0n) is 17.1. The van der Waals surface area contributed by atoms with Gasteiger partial charge in [0.05, 0.1) is 6.61 Å². The standard InChI is InChI=1S/C25H26N2O3/c1-26-24(28)15-12-20-10-13-22(14-11-20)27-25(29)21-8-5-9-23(18-21)30-17-16-19-6-3-2-4-7-19/h2-11,13-14,18H,12,15-17H2,1H3,(H,26,28)(H,27,29). The summed E-state index contributed by atoms with van der Waals surface area (Å²) in [6.45, 7) is 0.548. The van der Waals surface area contributed by atoms with Gasteiger partial charge in [-0.05, 0) is 47.9 Å².